The number of hydrogen-bond acceptors (Lipinski definition) is 3. The molecule has 0 spiro atoms. The molecular weight excluding hydrogens is 264 g/mol. The molecule has 0 bridgehead atoms. The number of rotatable bonds is 6. The molecule has 0 aliphatic heterocycles. The second-order valence-corrected chi connectivity index (χ2v) is 5.27. The van der Waals surface area contributed by atoms with Crippen LogP contribution in [0.15, 0.2) is 48.5 Å². The van der Waals surface area contributed by atoms with E-state index in [1.54, 1.807) is 24.3 Å². The molecule has 0 aliphatic carbocycles. The van der Waals surface area contributed by atoms with E-state index in [1.165, 1.54) is 5.56 Å². The molecule has 0 amide bonds. The summed E-state index contributed by atoms with van der Waals surface area (Å²) in [7, 11) is 0. The highest BCUT2D eigenvalue weighted by molar-refractivity contribution is 5.38. The van der Waals surface area contributed by atoms with Gasteiger partial charge in [0.05, 0.1) is 0 Å². The highest BCUT2D eigenvalue weighted by atomic mass is 16.5. The first kappa shape index (κ1) is 15.4. The van der Waals surface area contributed by atoms with Crippen molar-refractivity contribution in [3.8, 4) is 11.5 Å². The van der Waals surface area contributed by atoms with Crippen LogP contribution in [0.2, 0.25) is 0 Å². The highest BCUT2D eigenvalue weighted by Crippen LogP contribution is 2.26. The summed E-state index contributed by atoms with van der Waals surface area (Å²) in [5, 5.41) is 19.8. The van der Waals surface area contributed by atoms with Crippen LogP contribution in [0.5, 0.6) is 11.5 Å². The van der Waals surface area contributed by atoms with E-state index in [0.29, 0.717) is 11.7 Å². The van der Waals surface area contributed by atoms with Crippen LogP contribution in [-0.4, -0.2) is 16.8 Å². The van der Waals surface area contributed by atoms with Crippen molar-refractivity contribution in [2.45, 2.75) is 32.3 Å². The Morgan fingerprint density at radius 3 is 2.24 bits per heavy atom. The lowest BCUT2D eigenvalue weighted by Gasteiger charge is -2.15. The minimum Gasteiger partial charge on any atom is -0.504 e. The third-order valence-corrected chi connectivity index (χ3v) is 3.76. The fourth-order valence-electron chi connectivity index (χ4n) is 2.13. The largest absolute Gasteiger partial charge is 0.504 e. The number of aromatic hydroxyl groups is 1. The fourth-order valence-corrected chi connectivity index (χ4v) is 2.13. The topological polar surface area (TPSA) is 49.7 Å². The SMILES string of the molecule is CCC(C)c1ccc(C(O)COc2ccccc2O)cc1. The summed E-state index contributed by atoms with van der Waals surface area (Å²) < 4.78 is 5.45. The summed E-state index contributed by atoms with van der Waals surface area (Å²) in [5.41, 5.74) is 2.09. The highest BCUT2D eigenvalue weighted by Gasteiger charge is 2.11. The second-order valence-electron chi connectivity index (χ2n) is 5.27. The van der Waals surface area contributed by atoms with Gasteiger partial charge in [-0.1, -0.05) is 50.2 Å². The van der Waals surface area contributed by atoms with Gasteiger partial charge in [-0.15, -0.1) is 0 Å². The van der Waals surface area contributed by atoms with E-state index in [9.17, 15) is 10.2 Å². The minimum absolute atomic E-state index is 0.0804. The molecule has 0 heterocycles. The van der Waals surface area contributed by atoms with Crippen molar-refractivity contribution >= 4 is 0 Å². The third kappa shape index (κ3) is 3.99. The number of aliphatic hydroxyl groups is 1. The average Bonchev–Trinajstić information content (AvgIpc) is 2.53. The summed E-state index contributed by atoms with van der Waals surface area (Å²) in [5.74, 6) is 0.985. The van der Waals surface area contributed by atoms with Gasteiger partial charge in [-0.05, 0) is 35.6 Å². The molecule has 3 nitrogen and oxygen atoms in total. The fraction of sp³-hybridized carbons (Fsp3) is 0.333. The first-order valence-electron chi connectivity index (χ1n) is 7.30. The number of phenols is 1. The van der Waals surface area contributed by atoms with Gasteiger partial charge in [0.15, 0.2) is 11.5 Å². The molecule has 2 aromatic rings. The standard InChI is InChI=1S/C18H22O3/c1-3-13(2)14-8-10-15(11-9-14)17(20)12-21-18-7-5-4-6-16(18)19/h4-11,13,17,19-20H,3,12H2,1-2H3. The Morgan fingerprint density at radius 2 is 1.62 bits per heavy atom. The maximum atomic E-state index is 10.2. The van der Waals surface area contributed by atoms with Crippen molar-refractivity contribution in [1.82, 2.24) is 0 Å². The smallest absolute Gasteiger partial charge is 0.161 e. The Kier molecular flexibility index (Phi) is 5.23. The lowest BCUT2D eigenvalue weighted by molar-refractivity contribution is 0.106. The van der Waals surface area contributed by atoms with E-state index in [4.69, 9.17) is 4.74 Å². The molecule has 2 rings (SSSR count). The van der Waals surface area contributed by atoms with Gasteiger partial charge in [-0.3, -0.25) is 0 Å². The van der Waals surface area contributed by atoms with Crippen molar-refractivity contribution in [2.75, 3.05) is 6.61 Å². The molecule has 0 aliphatic rings. The molecule has 3 heteroatoms. The zero-order valence-corrected chi connectivity index (χ0v) is 12.5. The van der Waals surface area contributed by atoms with Crippen LogP contribution >= 0.6 is 0 Å². The Labute approximate surface area is 125 Å². The van der Waals surface area contributed by atoms with Crippen LogP contribution < -0.4 is 4.74 Å². The van der Waals surface area contributed by atoms with Crippen LogP contribution in [0.3, 0.4) is 0 Å². The summed E-state index contributed by atoms with van der Waals surface area (Å²) in [6.07, 6.45) is 0.383. The maximum Gasteiger partial charge on any atom is 0.161 e. The van der Waals surface area contributed by atoms with E-state index < -0.39 is 6.10 Å². The lowest BCUT2D eigenvalue weighted by atomic mass is 9.97. The zero-order valence-electron chi connectivity index (χ0n) is 12.5. The van der Waals surface area contributed by atoms with Crippen LogP contribution in [0.25, 0.3) is 0 Å². The van der Waals surface area contributed by atoms with E-state index in [0.717, 1.165) is 12.0 Å². The van der Waals surface area contributed by atoms with Crippen LogP contribution in [0.1, 0.15) is 43.4 Å². The maximum absolute atomic E-state index is 10.2. The molecule has 2 aromatic carbocycles. The Hall–Kier alpha value is -2.00. The van der Waals surface area contributed by atoms with Crippen molar-refractivity contribution in [3.63, 3.8) is 0 Å². The van der Waals surface area contributed by atoms with E-state index >= 15 is 0 Å². The van der Waals surface area contributed by atoms with Crippen molar-refractivity contribution in [2.24, 2.45) is 0 Å². The van der Waals surface area contributed by atoms with Crippen LogP contribution in [-0.2, 0) is 0 Å². The molecule has 0 saturated carbocycles. The molecular formula is C18H22O3. The van der Waals surface area contributed by atoms with Gasteiger partial charge >= 0.3 is 0 Å². The summed E-state index contributed by atoms with van der Waals surface area (Å²) >= 11 is 0. The quantitative estimate of drug-likeness (QED) is 0.843. The molecule has 2 N–H and O–H groups in total. The molecule has 0 aromatic heterocycles. The van der Waals surface area contributed by atoms with Gasteiger partial charge in [0.1, 0.15) is 12.7 Å². The number of benzene rings is 2. The Bertz CT molecular complexity index is 563. The minimum atomic E-state index is -0.712. The average molecular weight is 286 g/mol. The van der Waals surface area contributed by atoms with Crippen LogP contribution in [0.4, 0.5) is 0 Å². The summed E-state index contributed by atoms with van der Waals surface area (Å²) in [6.45, 7) is 4.46. The first-order valence-corrected chi connectivity index (χ1v) is 7.30. The Morgan fingerprint density at radius 1 is 1.00 bits per heavy atom. The van der Waals surface area contributed by atoms with Crippen molar-refractivity contribution < 1.29 is 14.9 Å². The molecule has 112 valence electrons. The van der Waals surface area contributed by atoms with Crippen molar-refractivity contribution in [3.05, 3.63) is 59.7 Å². The number of hydrogen-bond donors (Lipinski definition) is 2. The van der Waals surface area contributed by atoms with E-state index in [2.05, 4.69) is 13.8 Å². The Balaban J connectivity index is 1.97. The normalized spacial score (nSPS) is 13.7. The lowest BCUT2D eigenvalue weighted by Crippen LogP contribution is -2.09. The monoisotopic (exact) mass is 286 g/mol. The van der Waals surface area contributed by atoms with Crippen molar-refractivity contribution in [1.29, 1.82) is 0 Å². The van der Waals surface area contributed by atoms with E-state index in [-0.39, 0.29) is 12.4 Å². The number of ether oxygens (including phenoxy) is 1. The van der Waals surface area contributed by atoms with Gasteiger partial charge < -0.3 is 14.9 Å². The van der Waals surface area contributed by atoms with Gasteiger partial charge in [0, 0.05) is 0 Å². The molecule has 0 saturated heterocycles. The van der Waals surface area contributed by atoms with Gasteiger partial charge in [-0.25, -0.2) is 0 Å². The van der Waals surface area contributed by atoms with E-state index in [1.807, 2.05) is 24.3 Å². The third-order valence-electron chi connectivity index (χ3n) is 3.76. The van der Waals surface area contributed by atoms with Gasteiger partial charge in [0.2, 0.25) is 0 Å². The molecule has 2 atom stereocenters. The first-order chi connectivity index (χ1) is 10.1. The molecule has 0 fully saturated rings. The number of aliphatic hydroxyl groups excluding tert-OH is 1. The predicted molar refractivity (Wildman–Crippen MR) is 83.7 cm³/mol. The summed E-state index contributed by atoms with van der Waals surface area (Å²) in [6, 6.07) is 14.7. The second kappa shape index (κ2) is 7.14. The predicted octanol–water partition coefficient (Wildman–Crippen LogP) is 4.02. The number of para-hydroxylation sites is 2. The zero-order chi connectivity index (χ0) is 15.2. The molecule has 21 heavy (non-hydrogen) atoms. The van der Waals surface area contributed by atoms with Gasteiger partial charge in [0.25, 0.3) is 0 Å². The molecule has 0 radical (unpaired) electrons. The molecule has 2 unspecified atom stereocenters. The van der Waals surface area contributed by atoms with Crippen LogP contribution in [0, 0.1) is 0 Å². The number of phenolic OH excluding ortho intramolecular Hbond substituents is 1. The summed E-state index contributed by atoms with van der Waals surface area (Å²) in [4.78, 5) is 0. The van der Waals surface area contributed by atoms with Gasteiger partial charge in [-0.2, -0.15) is 0 Å².